The minimum absolute atomic E-state index is 0.117. The average Bonchev–Trinajstić information content (AvgIpc) is 2.45. The first-order chi connectivity index (χ1) is 9.82. The van der Waals surface area contributed by atoms with E-state index in [2.05, 4.69) is 4.98 Å². The van der Waals surface area contributed by atoms with Gasteiger partial charge in [0.25, 0.3) is 0 Å². The van der Waals surface area contributed by atoms with E-state index in [9.17, 15) is 22.7 Å². The fourth-order valence-corrected chi connectivity index (χ4v) is 1.89. The van der Waals surface area contributed by atoms with Gasteiger partial charge in [-0.05, 0) is 23.8 Å². The molecule has 1 heterocycles. The standard InChI is InChI=1S/C14H11F4NO2/c1-21-10-4-8(6-19-7-10)13(20)11-3-2-9(15)5-12(11)14(16,17)18/h2-7,13,20H,1H3. The zero-order valence-electron chi connectivity index (χ0n) is 10.9. The summed E-state index contributed by atoms with van der Waals surface area (Å²) >= 11 is 0. The molecule has 0 spiro atoms. The van der Waals surface area contributed by atoms with Crippen LogP contribution in [0.15, 0.2) is 36.7 Å². The van der Waals surface area contributed by atoms with Gasteiger partial charge in [0, 0.05) is 11.8 Å². The van der Waals surface area contributed by atoms with Crippen LogP contribution in [0.5, 0.6) is 5.75 Å². The summed E-state index contributed by atoms with van der Waals surface area (Å²) in [5.41, 5.74) is -1.55. The van der Waals surface area contributed by atoms with Crippen LogP contribution >= 0.6 is 0 Å². The highest BCUT2D eigenvalue weighted by atomic mass is 19.4. The molecule has 0 saturated heterocycles. The van der Waals surface area contributed by atoms with Crippen LogP contribution in [0.3, 0.4) is 0 Å². The van der Waals surface area contributed by atoms with Gasteiger partial charge in [-0.3, -0.25) is 4.98 Å². The number of methoxy groups -OCH3 is 1. The minimum atomic E-state index is -4.77. The van der Waals surface area contributed by atoms with Crippen molar-refractivity contribution in [2.45, 2.75) is 12.3 Å². The van der Waals surface area contributed by atoms with E-state index >= 15 is 0 Å². The molecular weight excluding hydrogens is 290 g/mol. The predicted octanol–water partition coefficient (Wildman–Crippen LogP) is 3.33. The molecule has 0 aliphatic rings. The number of halogens is 4. The van der Waals surface area contributed by atoms with E-state index in [4.69, 9.17) is 4.74 Å². The molecule has 1 atom stereocenters. The molecule has 21 heavy (non-hydrogen) atoms. The van der Waals surface area contributed by atoms with Crippen molar-refractivity contribution in [2.24, 2.45) is 0 Å². The third-order valence-corrected chi connectivity index (χ3v) is 2.90. The molecule has 0 amide bonds. The lowest BCUT2D eigenvalue weighted by molar-refractivity contribution is -0.139. The molecule has 0 aliphatic heterocycles. The molecule has 112 valence electrons. The third-order valence-electron chi connectivity index (χ3n) is 2.90. The van der Waals surface area contributed by atoms with E-state index in [-0.39, 0.29) is 5.56 Å². The molecule has 2 aromatic rings. The van der Waals surface area contributed by atoms with Gasteiger partial charge in [-0.1, -0.05) is 6.07 Å². The van der Waals surface area contributed by atoms with Crippen molar-refractivity contribution in [3.63, 3.8) is 0 Å². The Bertz CT molecular complexity index is 643. The number of ether oxygens (including phenoxy) is 1. The van der Waals surface area contributed by atoms with Crippen LogP contribution in [0, 0.1) is 5.82 Å². The summed E-state index contributed by atoms with van der Waals surface area (Å²) in [6.45, 7) is 0. The number of nitrogens with zero attached hydrogens (tertiary/aromatic N) is 1. The summed E-state index contributed by atoms with van der Waals surface area (Å²) in [5.74, 6) is -0.732. The van der Waals surface area contributed by atoms with Crippen molar-refractivity contribution >= 4 is 0 Å². The van der Waals surface area contributed by atoms with Crippen LogP contribution in [0.4, 0.5) is 17.6 Å². The van der Waals surface area contributed by atoms with Gasteiger partial charge in [-0.2, -0.15) is 13.2 Å². The highest BCUT2D eigenvalue weighted by Gasteiger charge is 2.35. The number of benzene rings is 1. The van der Waals surface area contributed by atoms with Crippen molar-refractivity contribution < 1.29 is 27.4 Å². The van der Waals surface area contributed by atoms with Crippen molar-refractivity contribution in [2.75, 3.05) is 7.11 Å². The zero-order valence-corrected chi connectivity index (χ0v) is 10.9. The van der Waals surface area contributed by atoms with Gasteiger partial charge < -0.3 is 9.84 Å². The van der Waals surface area contributed by atoms with Crippen molar-refractivity contribution in [3.8, 4) is 5.75 Å². The second-order valence-corrected chi connectivity index (χ2v) is 4.29. The molecule has 1 aromatic carbocycles. The van der Waals surface area contributed by atoms with Gasteiger partial charge in [-0.15, -0.1) is 0 Å². The maximum Gasteiger partial charge on any atom is 0.416 e. The molecule has 0 bridgehead atoms. The smallest absolute Gasteiger partial charge is 0.416 e. The van der Waals surface area contributed by atoms with E-state index in [1.54, 1.807) is 0 Å². The number of hydrogen-bond donors (Lipinski definition) is 1. The van der Waals surface area contributed by atoms with Gasteiger partial charge >= 0.3 is 6.18 Å². The number of aliphatic hydroxyl groups is 1. The first-order valence-corrected chi connectivity index (χ1v) is 5.86. The van der Waals surface area contributed by atoms with E-state index in [1.807, 2.05) is 0 Å². The van der Waals surface area contributed by atoms with Gasteiger partial charge in [0.15, 0.2) is 0 Å². The number of rotatable bonds is 3. The van der Waals surface area contributed by atoms with E-state index in [0.717, 1.165) is 12.1 Å². The summed E-state index contributed by atoms with van der Waals surface area (Å²) in [6, 6.07) is 3.48. The van der Waals surface area contributed by atoms with Gasteiger partial charge in [0.1, 0.15) is 17.7 Å². The largest absolute Gasteiger partial charge is 0.495 e. The summed E-state index contributed by atoms with van der Waals surface area (Å²) in [6.07, 6.45) is -3.79. The fourth-order valence-electron chi connectivity index (χ4n) is 1.89. The second-order valence-electron chi connectivity index (χ2n) is 4.29. The first kappa shape index (κ1) is 15.2. The number of alkyl halides is 3. The molecule has 7 heteroatoms. The minimum Gasteiger partial charge on any atom is -0.495 e. The third kappa shape index (κ3) is 3.30. The van der Waals surface area contributed by atoms with Gasteiger partial charge in [-0.25, -0.2) is 4.39 Å². The van der Waals surface area contributed by atoms with Crippen molar-refractivity contribution in [3.05, 3.63) is 59.2 Å². The van der Waals surface area contributed by atoms with E-state index in [1.165, 1.54) is 25.6 Å². The van der Waals surface area contributed by atoms with Crippen molar-refractivity contribution in [1.29, 1.82) is 0 Å². The Morgan fingerprint density at radius 3 is 2.52 bits per heavy atom. The van der Waals surface area contributed by atoms with Gasteiger partial charge in [0.05, 0.1) is 18.9 Å². The lowest BCUT2D eigenvalue weighted by Crippen LogP contribution is -2.13. The Labute approximate surface area is 117 Å². The number of aromatic nitrogens is 1. The molecular formula is C14H11F4NO2. The second kappa shape index (κ2) is 5.69. The number of hydrogen-bond acceptors (Lipinski definition) is 3. The molecule has 1 aromatic heterocycles. The Morgan fingerprint density at radius 1 is 1.19 bits per heavy atom. The lowest BCUT2D eigenvalue weighted by Gasteiger charge is -2.18. The van der Waals surface area contributed by atoms with Crippen LogP contribution in [-0.4, -0.2) is 17.2 Å². The van der Waals surface area contributed by atoms with Crippen LogP contribution < -0.4 is 4.74 Å². The van der Waals surface area contributed by atoms with E-state index in [0.29, 0.717) is 11.8 Å². The maximum atomic E-state index is 13.0. The van der Waals surface area contributed by atoms with Crippen LogP contribution in [-0.2, 0) is 6.18 Å². The zero-order chi connectivity index (χ0) is 15.6. The Kier molecular flexibility index (Phi) is 4.13. The summed E-state index contributed by atoms with van der Waals surface area (Å²) in [4.78, 5) is 3.77. The average molecular weight is 301 g/mol. The summed E-state index contributed by atoms with van der Waals surface area (Å²) in [5, 5.41) is 10.1. The molecule has 0 fully saturated rings. The number of aliphatic hydroxyl groups excluding tert-OH is 1. The summed E-state index contributed by atoms with van der Waals surface area (Å²) in [7, 11) is 1.37. The van der Waals surface area contributed by atoms with Gasteiger partial charge in [0.2, 0.25) is 0 Å². The monoisotopic (exact) mass is 301 g/mol. The Hall–Kier alpha value is -2.15. The van der Waals surface area contributed by atoms with Crippen LogP contribution in [0.1, 0.15) is 22.8 Å². The molecule has 2 rings (SSSR count). The normalized spacial score (nSPS) is 13.0. The quantitative estimate of drug-likeness (QED) is 0.884. The topological polar surface area (TPSA) is 42.4 Å². The molecule has 0 radical (unpaired) electrons. The Balaban J connectivity index is 2.50. The van der Waals surface area contributed by atoms with Crippen LogP contribution in [0.25, 0.3) is 0 Å². The molecule has 1 N–H and O–H groups in total. The van der Waals surface area contributed by atoms with Crippen molar-refractivity contribution in [1.82, 2.24) is 4.98 Å². The van der Waals surface area contributed by atoms with E-state index < -0.39 is 29.2 Å². The molecule has 3 nitrogen and oxygen atoms in total. The molecule has 0 aliphatic carbocycles. The maximum absolute atomic E-state index is 13.0. The van der Waals surface area contributed by atoms with Crippen LogP contribution in [0.2, 0.25) is 0 Å². The highest BCUT2D eigenvalue weighted by Crippen LogP contribution is 2.37. The predicted molar refractivity (Wildman–Crippen MR) is 66.3 cm³/mol. The molecule has 1 unspecified atom stereocenters. The first-order valence-electron chi connectivity index (χ1n) is 5.86. The SMILES string of the molecule is COc1cncc(C(O)c2ccc(F)cc2C(F)(F)F)c1. The Morgan fingerprint density at radius 2 is 1.90 bits per heavy atom. The number of pyridine rings is 1. The lowest BCUT2D eigenvalue weighted by atomic mass is 9.97. The fraction of sp³-hybridized carbons (Fsp3) is 0.214. The summed E-state index contributed by atoms with van der Waals surface area (Å²) < 4.78 is 56.7. The highest BCUT2D eigenvalue weighted by molar-refractivity contribution is 5.38. The molecule has 0 saturated carbocycles.